The fraction of sp³-hybridized carbons (Fsp3) is 1.00. The van der Waals surface area contributed by atoms with E-state index >= 15 is 0 Å². The predicted octanol–water partition coefficient (Wildman–Crippen LogP) is 1.35. The maximum absolute atomic E-state index is 5.90. The molecular weight excluding hydrogens is 298 g/mol. The highest BCUT2D eigenvalue weighted by Crippen LogP contribution is 2.19. The highest BCUT2D eigenvalue weighted by Gasteiger charge is 2.39. The van der Waals surface area contributed by atoms with E-state index in [0.717, 1.165) is 58.3 Å². The van der Waals surface area contributed by atoms with Crippen LogP contribution in [0.5, 0.6) is 0 Å². The zero-order valence-corrected chi connectivity index (χ0v) is 15.7. The minimum atomic E-state index is -2.46. The topological polar surface area (TPSA) is 60.2 Å². The highest BCUT2D eigenvalue weighted by atomic mass is 28.4. The average molecular weight is 334 g/mol. The Bertz CT molecular complexity index is 268. The van der Waals surface area contributed by atoms with E-state index in [1.165, 1.54) is 0 Å². The van der Waals surface area contributed by atoms with Crippen molar-refractivity contribution >= 4 is 8.80 Å². The molecule has 0 atom stereocenters. The fourth-order valence-electron chi connectivity index (χ4n) is 2.91. The van der Waals surface area contributed by atoms with Gasteiger partial charge in [-0.3, -0.25) is 9.80 Å². The van der Waals surface area contributed by atoms with Crippen LogP contribution in [0.1, 0.15) is 33.6 Å². The Kier molecular flexibility index (Phi) is 10.5. The summed E-state index contributed by atoms with van der Waals surface area (Å²) in [4.78, 5) is 4.98. The molecule has 132 valence electrons. The van der Waals surface area contributed by atoms with Gasteiger partial charge in [-0.25, -0.2) is 0 Å². The molecule has 0 aromatic rings. The van der Waals surface area contributed by atoms with Gasteiger partial charge in [-0.15, -0.1) is 0 Å². The van der Waals surface area contributed by atoms with Gasteiger partial charge in [-0.1, -0.05) is 0 Å². The van der Waals surface area contributed by atoms with E-state index in [2.05, 4.69) is 9.80 Å². The molecule has 0 aliphatic carbocycles. The molecule has 2 N–H and O–H groups in total. The van der Waals surface area contributed by atoms with Gasteiger partial charge >= 0.3 is 8.80 Å². The van der Waals surface area contributed by atoms with Crippen LogP contribution in [-0.4, -0.2) is 77.8 Å². The Balaban J connectivity index is 2.33. The zero-order valence-electron chi connectivity index (χ0n) is 14.7. The predicted molar refractivity (Wildman–Crippen MR) is 91.7 cm³/mol. The lowest BCUT2D eigenvalue weighted by molar-refractivity contribution is 0.0699. The molecular formula is C15H35N3O3Si. The lowest BCUT2D eigenvalue weighted by Crippen LogP contribution is -2.46. The van der Waals surface area contributed by atoms with Gasteiger partial charge in [0, 0.05) is 45.5 Å². The summed E-state index contributed by atoms with van der Waals surface area (Å²) in [5.41, 5.74) is 5.58. The van der Waals surface area contributed by atoms with Gasteiger partial charge in [0.25, 0.3) is 0 Å². The molecule has 1 rings (SSSR count). The molecule has 0 aromatic carbocycles. The van der Waals surface area contributed by atoms with Crippen LogP contribution in [0.2, 0.25) is 6.04 Å². The second kappa shape index (κ2) is 11.5. The summed E-state index contributed by atoms with van der Waals surface area (Å²) in [5, 5.41) is 0. The summed E-state index contributed by atoms with van der Waals surface area (Å²) < 4.78 is 17.7. The summed E-state index contributed by atoms with van der Waals surface area (Å²) in [5.74, 6) is 0. The normalized spacial score (nSPS) is 17.5. The molecule has 0 radical (unpaired) electrons. The first-order chi connectivity index (χ1) is 10.7. The zero-order chi connectivity index (χ0) is 16.3. The van der Waals surface area contributed by atoms with Crippen molar-refractivity contribution in [3.63, 3.8) is 0 Å². The average Bonchev–Trinajstić information content (AvgIpc) is 2.94. The number of nitrogens with two attached hydrogens (primary N) is 1. The van der Waals surface area contributed by atoms with Crippen LogP contribution in [-0.2, 0) is 13.3 Å². The summed E-state index contributed by atoms with van der Waals surface area (Å²) in [7, 11) is -2.46. The number of hydrogen-bond acceptors (Lipinski definition) is 6. The lowest BCUT2D eigenvalue weighted by Gasteiger charge is -2.29. The molecule has 6 nitrogen and oxygen atoms in total. The van der Waals surface area contributed by atoms with Gasteiger partial charge in [0.2, 0.25) is 0 Å². The first-order valence-corrected chi connectivity index (χ1v) is 10.7. The van der Waals surface area contributed by atoms with Gasteiger partial charge in [0.15, 0.2) is 0 Å². The van der Waals surface area contributed by atoms with Crippen molar-refractivity contribution in [3.8, 4) is 0 Å². The molecule has 0 bridgehead atoms. The van der Waals surface area contributed by atoms with E-state index in [1.807, 2.05) is 20.8 Å². The second-order valence-electron chi connectivity index (χ2n) is 5.61. The van der Waals surface area contributed by atoms with Crippen molar-refractivity contribution in [2.45, 2.75) is 39.7 Å². The molecule has 0 saturated carbocycles. The van der Waals surface area contributed by atoms with Gasteiger partial charge in [0.1, 0.15) is 0 Å². The van der Waals surface area contributed by atoms with Gasteiger partial charge in [-0.2, -0.15) is 0 Å². The van der Waals surface area contributed by atoms with Gasteiger partial charge in [0.05, 0.1) is 6.67 Å². The summed E-state index contributed by atoms with van der Waals surface area (Å²) in [6.45, 7) is 14.3. The van der Waals surface area contributed by atoms with Crippen LogP contribution in [0.15, 0.2) is 0 Å². The molecule has 1 saturated heterocycles. The van der Waals surface area contributed by atoms with Crippen LogP contribution < -0.4 is 5.73 Å². The molecule has 0 unspecified atom stereocenters. The fourth-order valence-corrected chi connectivity index (χ4v) is 5.50. The van der Waals surface area contributed by atoms with Crippen LogP contribution in [0.25, 0.3) is 0 Å². The Labute approximate surface area is 137 Å². The summed E-state index contributed by atoms with van der Waals surface area (Å²) in [6, 6.07) is 0.905. The van der Waals surface area contributed by atoms with Crippen molar-refractivity contribution < 1.29 is 13.3 Å². The third-order valence-corrected chi connectivity index (χ3v) is 7.01. The van der Waals surface area contributed by atoms with Gasteiger partial charge < -0.3 is 19.0 Å². The third-order valence-electron chi connectivity index (χ3n) is 3.86. The minimum Gasteiger partial charge on any atom is -0.374 e. The van der Waals surface area contributed by atoms with Crippen molar-refractivity contribution in [3.05, 3.63) is 0 Å². The summed E-state index contributed by atoms with van der Waals surface area (Å²) in [6.07, 6.45) is 2.15. The van der Waals surface area contributed by atoms with Crippen molar-refractivity contribution in [2.24, 2.45) is 5.73 Å². The van der Waals surface area contributed by atoms with E-state index < -0.39 is 8.80 Å². The van der Waals surface area contributed by atoms with Crippen LogP contribution in [0.4, 0.5) is 0 Å². The maximum atomic E-state index is 5.90. The van der Waals surface area contributed by atoms with E-state index in [4.69, 9.17) is 19.0 Å². The maximum Gasteiger partial charge on any atom is 0.500 e. The van der Waals surface area contributed by atoms with Crippen molar-refractivity contribution in [1.29, 1.82) is 0 Å². The molecule has 1 aliphatic rings. The molecule has 1 heterocycles. The lowest BCUT2D eigenvalue weighted by atomic mass is 10.4. The second-order valence-corrected chi connectivity index (χ2v) is 8.34. The molecule has 0 spiro atoms. The minimum absolute atomic E-state index is 0.656. The summed E-state index contributed by atoms with van der Waals surface area (Å²) >= 11 is 0. The molecule has 1 aliphatic heterocycles. The quantitative estimate of drug-likeness (QED) is 0.513. The Morgan fingerprint density at radius 2 is 1.36 bits per heavy atom. The number of nitrogens with zero attached hydrogens (tertiary/aromatic N) is 2. The Morgan fingerprint density at radius 1 is 0.864 bits per heavy atom. The van der Waals surface area contributed by atoms with E-state index in [1.54, 1.807) is 0 Å². The SMILES string of the molecule is CCO[Si](CCCN1CCN(CCCN)C1)(OCC)OCC. The van der Waals surface area contributed by atoms with Crippen molar-refractivity contribution in [2.75, 3.05) is 59.2 Å². The van der Waals surface area contributed by atoms with Crippen LogP contribution >= 0.6 is 0 Å². The highest BCUT2D eigenvalue weighted by molar-refractivity contribution is 6.60. The smallest absolute Gasteiger partial charge is 0.374 e. The van der Waals surface area contributed by atoms with Crippen molar-refractivity contribution in [1.82, 2.24) is 9.80 Å². The molecule has 0 amide bonds. The monoisotopic (exact) mass is 333 g/mol. The first kappa shape index (κ1) is 20.0. The van der Waals surface area contributed by atoms with E-state index in [-0.39, 0.29) is 0 Å². The molecule has 7 heteroatoms. The van der Waals surface area contributed by atoms with Crippen LogP contribution in [0, 0.1) is 0 Å². The van der Waals surface area contributed by atoms with E-state index in [0.29, 0.717) is 19.8 Å². The Hall–Kier alpha value is -0.0231. The first-order valence-electron chi connectivity index (χ1n) is 8.76. The number of rotatable bonds is 13. The number of hydrogen-bond donors (Lipinski definition) is 1. The Morgan fingerprint density at radius 3 is 1.82 bits per heavy atom. The molecule has 22 heavy (non-hydrogen) atoms. The molecule has 0 aromatic heterocycles. The standard InChI is InChI=1S/C15H35N3O3Si/c1-4-19-22(20-5-2,21-6-3)14-8-11-18-13-12-17(15-18)10-7-9-16/h4-16H2,1-3H3. The third kappa shape index (κ3) is 7.04. The largest absolute Gasteiger partial charge is 0.500 e. The van der Waals surface area contributed by atoms with Gasteiger partial charge in [-0.05, 0) is 46.7 Å². The molecule has 1 fully saturated rings. The van der Waals surface area contributed by atoms with E-state index in [9.17, 15) is 0 Å². The van der Waals surface area contributed by atoms with Crippen LogP contribution in [0.3, 0.4) is 0 Å².